The number of hydrogen-bond donors (Lipinski definition) is 1. The van der Waals surface area contributed by atoms with Crippen molar-refractivity contribution in [2.24, 2.45) is 10.1 Å². The Bertz CT molecular complexity index is 1170. The summed E-state index contributed by atoms with van der Waals surface area (Å²) in [7, 11) is 0. The van der Waals surface area contributed by atoms with Gasteiger partial charge in [-0.2, -0.15) is 15.1 Å². The van der Waals surface area contributed by atoms with Gasteiger partial charge in [-0.15, -0.1) is 0 Å². The van der Waals surface area contributed by atoms with Gasteiger partial charge < -0.3 is 4.74 Å². The van der Waals surface area contributed by atoms with E-state index in [0.29, 0.717) is 16.4 Å². The Hall–Kier alpha value is -3.79. The lowest BCUT2D eigenvalue weighted by atomic mass is 10.1. The molecule has 2 aliphatic heterocycles. The van der Waals surface area contributed by atoms with Crippen molar-refractivity contribution in [1.29, 1.82) is 5.41 Å². The number of amidine groups is 2. The maximum atomic E-state index is 12.4. The van der Waals surface area contributed by atoms with Gasteiger partial charge in [0.1, 0.15) is 17.4 Å². The molecule has 2 aromatic carbocycles. The van der Waals surface area contributed by atoms with E-state index in [1.54, 1.807) is 6.07 Å². The molecule has 0 fully saturated rings. The minimum Gasteiger partial charge on any atom is -0.487 e. The number of non-ortho nitro benzene ring substituents is 1. The summed E-state index contributed by atoms with van der Waals surface area (Å²) in [6, 6.07) is 13.4. The van der Waals surface area contributed by atoms with E-state index in [4.69, 9.17) is 10.1 Å². The second-order valence-corrected chi connectivity index (χ2v) is 7.51. The Morgan fingerprint density at radius 2 is 2.07 bits per heavy atom. The average molecular weight is 421 g/mol. The number of fused-ring (bicyclic) bond motifs is 1. The SMILES string of the molecule is Cc1cccc(OCC2=NN3C(=N)/C(=C/c4cccc([N+](=O)[O-])c4)C(=O)N=C3S2)c1. The third-order valence-electron chi connectivity index (χ3n) is 4.24. The highest BCUT2D eigenvalue weighted by Crippen LogP contribution is 2.29. The van der Waals surface area contributed by atoms with Gasteiger partial charge in [0, 0.05) is 12.1 Å². The van der Waals surface area contributed by atoms with Crippen LogP contribution < -0.4 is 4.74 Å². The minimum atomic E-state index is -0.596. The molecule has 0 unspecified atom stereocenters. The first-order valence-corrected chi connectivity index (χ1v) is 9.65. The number of aryl methyl sites for hydroxylation is 1. The first-order chi connectivity index (χ1) is 14.4. The summed E-state index contributed by atoms with van der Waals surface area (Å²) in [5.41, 5.74) is 1.39. The molecular weight excluding hydrogens is 406 g/mol. The molecule has 150 valence electrons. The van der Waals surface area contributed by atoms with Crippen LogP contribution in [0.4, 0.5) is 5.69 Å². The molecule has 0 saturated heterocycles. The number of hydrazone groups is 1. The van der Waals surface area contributed by atoms with Crippen LogP contribution in [0.1, 0.15) is 11.1 Å². The van der Waals surface area contributed by atoms with Crippen molar-refractivity contribution in [2.45, 2.75) is 6.92 Å². The topological polar surface area (TPSA) is 121 Å². The van der Waals surface area contributed by atoms with E-state index in [1.807, 2.05) is 31.2 Å². The molecule has 0 bridgehead atoms. The molecule has 9 nitrogen and oxygen atoms in total. The second kappa shape index (κ2) is 7.91. The van der Waals surface area contributed by atoms with Crippen LogP contribution in [-0.2, 0) is 4.79 Å². The highest BCUT2D eigenvalue weighted by atomic mass is 32.2. The lowest BCUT2D eigenvalue weighted by molar-refractivity contribution is -0.384. The summed E-state index contributed by atoms with van der Waals surface area (Å²) in [5.74, 6) is -0.0432. The van der Waals surface area contributed by atoms with Crippen molar-refractivity contribution in [3.63, 3.8) is 0 Å². The van der Waals surface area contributed by atoms with Gasteiger partial charge >= 0.3 is 0 Å². The average Bonchev–Trinajstić information content (AvgIpc) is 3.13. The predicted octanol–water partition coefficient (Wildman–Crippen LogP) is 3.60. The standard InChI is InChI=1S/C20H15N5O4S/c1-12-4-2-7-15(8-12)29-11-17-23-24-18(21)16(19(26)22-20(24)30-17)10-13-5-3-6-14(9-13)25(27)28/h2-10,21H,11H2,1H3/b16-10-,21-18?. The summed E-state index contributed by atoms with van der Waals surface area (Å²) < 4.78 is 5.73. The van der Waals surface area contributed by atoms with E-state index in [2.05, 4.69) is 10.1 Å². The zero-order chi connectivity index (χ0) is 21.3. The van der Waals surface area contributed by atoms with Crippen LogP contribution in [0.15, 0.2) is 64.2 Å². The number of hydrogen-bond acceptors (Lipinski definition) is 7. The number of carbonyl (C=O) groups is 1. The number of amides is 1. The molecule has 0 radical (unpaired) electrons. The number of aliphatic imine (C=N–C) groups is 1. The smallest absolute Gasteiger partial charge is 0.283 e. The summed E-state index contributed by atoms with van der Waals surface area (Å²) in [6.07, 6.45) is 1.40. The van der Waals surface area contributed by atoms with Gasteiger partial charge in [-0.3, -0.25) is 20.3 Å². The molecule has 0 aromatic heterocycles. The number of ether oxygens (including phenoxy) is 1. The fraction of sp³-hybridized carbons (Fsp3) is 0.100. The number of nitrogens with one attached hydrogen (secondary N) is 1. The van der Waals surface area contributed by atoms with Gasteiger partial charge in [-0.25, -0.2) is 0 Å². The van der Waals surface area contributed by atoms with Crippen molar-refractivity contribution >= 4 is 45.5 Å². The molecule has 2 heterocycles. The van der Waals surface area contributed by atoms with E-state index < -0.39 is 10.8 Å². The first-order valence-electron chi connectivity index (χ1n) is 8.84. The third kappa shape index (κ3) is 3.98. The zero-order valence-electron chi connectivity index (χ0n) is 15.7. The number of nitrogens with zero attached hydrogens (tertiary/aromatic N) is 4. The van der Waals surface area contributed by atoms with Gasteiger partial charge in [0.15, 0.2) is 5.84 Å². The van der Waals surface area contributed by atoms with E-state index in [9.17, 15) is 14.9 Å². The first kappa shape index (κ1) is 19.5. The van der Waals surface area contributed by atoms with E-state index >= 15 is 0 Å². The van der Waals surface area contributed by atoms with Crippen LogP contribution in [0.5, 0.6) is 5.75 Å². The molecule has 0 atom stereocenters. The normalized spacial score (nSPS) is 17.0. The Morgan fingerprint density at radius 1 is 1.27 bits per heavy atom. The number of nitro benzene ring substituents is 1. The number of thioether (sulfide) groups is 1. The summed E-state index contributed by atoms with van der Waals surface area (Å²) >= 11 is 1.16. The molecule has 2 aliphatic rings. The molecule has 0 aliphatic carbocycles. The third-order valence-corrected chi connectivity index (χ3v) is 5.12. The van der Waals surface area contributed by atoms with E-state index in [1.165, 1.54) is 29.3 Å². The Kier molecular flexibility index (Phi) is 5.15. The van der Waals surface area contributed by atoms with Crippen LogP contribution in [0.25, 0.3) is 6.08 Å². The maximum absolute atomic E-state index is 12.4. The van der Waals surface area contributed by atoms with Gasteiger partial charge in [0.25, 0.3) is 11.6 Å². The largest absolute Gasteiger partial charge is 0.487 e. The summed E-state index contributed by atoms with van der Waals surface area (Å²) in [5, 5.41) is 25.8. The lowest BCUT2D eigenvalue weighted by Gasteiger charge is -2.20. The Morgan fingerprint density at radius 3 is 2.83 bits per heavy atom. The van der Waals surface area contributed by atoms with Gasteiger partial charge in [-0.1, -0.05) is 24.3 Å². The molecular formula is C20H15N5O4S. The highest BCUT2D eigenvalue weighted by molar-refractivity contribution is 8.27. The number of nitro groups is 1. The fourth-order valence-corrected chi connectivity index (χ4v) is 3.63. The lowest BCUT2D eigenvalue weighted by Crippen LogP contribution is -2.35. The van der Waals surface area contributed by atoms with E-state index in [-0.39, 0.29) is 28.9 Å². The van der Waals surface area contributed by atoms with Crippen molar-refractivity contribution in [3.05, 3.63) is 75.3 Å². The van der Waals surface area contributed by atoms with Crippen LogP contribution in [-0.4, -0.2) is 38.5 Å². The van der Waals surface area contributed by atoms with Crippen molar-refractivity contribution in [3.8, 4) is 5.75 Å². The second-order valence-electron chi connectivity index (χ2n) is 6.47. The molecule has 10 heteroatoms. The minimum absolute atomic E-state index is 0.00412. The molecule has 2 aromatic rings. The Labute approximate surface area is 175 Å². The van der Waals surface area contributed by atoms with Gasteiger partial charge in [0.05, 0.1) is 10.5 Å². The Balaban J connectivity index is 1.54. The molecule has 30 heavy (non-hydrogen) atoms. The summed E-state index contributed by atoms with van der Waals surface area (Å²) in [4.78, 5) is 26.9. The predicted molar refractivity (Wildman–Crippen MR) is 115 cm³/mol. The van der Waals surface area contributed by atoms with Gasteiger partial charge in [0.2, 0.25) is 5.17 Å². The van der Waals surface area contributed by atoms with Crippen molar-refractivity contribution in [2.75, 3.05) is 6.61 Å². The van der Waals surface area contributed by atoms with Crippen molar-refractivity contribution in [1.82, 2.24) is 5.01 Å². The van der Waals surface area contributed by atoms with Crippen LogP contribution >= 0.6 is 11.8 Å². The van der Waals surface area contributed by atoms with E-state index in [0.717, 1.165) is 17.3 Å². The maximum Gasteiger partial charge on any atom is 0.283 e. The quantitative estimate of drug-likeness (QED) is 0.447. The van der Waals surface area contributed by atoms with Crippen molar-refractivity contribution < 1.29 is 14.5 Å². The molecule has 1 amide bonds. The number of benzene rings is 2. The van der Waals surface area contributed by atoms with Crippen LogP contribution in [0.3, 0.4) is 0 Å². The highest BCUT2D eigenvalue weighted by Gasteiger charge is 2.35. The van der Waals surface area contributed by atoms with Gasteiger partial charge in [-0.05, 0) is 48.0 Å². The monoisotopic (exact) mass is 421 g/mol. The van der Waals surface area contributed by atoms with Crippen LogP contribution in [0.2, 0.25) is 0 Å². The molecule has 1 N–H and O–H groups in total. The number of carbonyl (C=O) groups excluding carboxylic acids is 1. The van der Waals surface area contributed by atoms with Crippen LogP contribution in [0, 0.1) is 22.4 Å². The zero-order valence-corrected chi connectivity index (χ0v) is 16.5. The molecule has 0 saturated carbocycles. The summed E-state index contributed by atoms with van der Waals surface area (Å²) in [6.45, 7) is 2.14. The fourth-order valence-electron chi connectivity index (χ4n) is 2.84. The molecule has 0 spiro atoms. The molecule has 4 rings (SSSR count). The number of rotatable bonds is 5.